The number of para-hydroxylation sites is 1. The average molecular weight is 614 g/mol. The van der Waals surface area contributed by atoms with E-state index in [1.54, 1.807) is 10.8 Å². The van der Waals surface area contributed by atoms with Gasteiger partial charge in [-0.25, -0.2) is 4.98 Å². The molecular formula is C37H39N7O2. The molecule has 0 radical (unpaired) electrons. The zero-order valence-electron chi connectivity index (χ0n) is 26.6. The number of fused-ring (bicyclic) bond motifs is 2. The Kier molecular flexibility index (Phi) is 7.78. The highest BCUT2D eigenvalue weighted by Gasteiger charge is 2.21. The highest BCUT2D eigenvalue weighted by atomic mass is 16.2. The lowest BCUT2D eigenvalue weighted by Gasteiger charge is -2.36. The fourth-order valence-electron chi connectivity index (χ4n) is 6.35. The highest BCUT2D eigenvalue weighted by molar-refractivity contribution is 5.91. The van der Waals surface area contributed by atoms with Crippen LogP contribution in [0.4, 0.5) is 5.69 Å². The summed E-state index contributed by atoms with van der Waals surface area (Å²) in [5.74, 6) is 0.887. The van der Waals surface area contributed by atoms with Crippen LogP contribution in [0.25, 0.3) is 33.5 Å². The van der Waals surface area contributed by atoms with Gasteiger partial charge in [0.05, 0.1) is 22.2 Å². The molecule has 4 heterocycles. The monoisotopic (exact) mass is 613 g/mol. The Morgan fingerprint density at radius 2 is 1.63 bits per heavy atom. The summed E-state index contributed by atoms with van der Waals surface area (Å²) in [4.78, 5) is 45.8. The first-order chi connectivity index (χ1) is 22.2. The van der Waals surface area contributed by atoms with Crippen LogP contribution in [0.1, 0.15) is 37.6 Å². The number of piperazine rings is 1. The normalized spacial score (nSPS) is 14.4. The summed E-state index contributed by atoms with van der Waals surface area (Å²) >= 11 is 0. The van der Waals surface area contributed by atoms with Gasteiger partial charge in [0, 0.05) is 63.1 Å². The second-order valence-electron chi connectivity index (χ2n) is 13.2. The van der Waals surface area contributed by atoms with Gasteiger partial charge in [-0.1, -0.05) is 63.2 Å². The number of aromatic nitrogens is 5. The van der Waals surface area contributed by atoms with Crippen LogP contribution in [0.15, 0.2) is 94.6 Å². The lowest BCUT2D eigenvalue weighted by molar-refractivity contribution is 0.250. The van der Waals surface area contributed by atoms with Crippen LogP contribution in [0.2, 0.25) is 0 Å². The Balaban J connectivity index is 1.06. The minimum atomic E-state index is -0.602. The Hall–Kier alpha value is -5.02. The topological polar surface area (TPSA) is 103 Å². The first kappa shape index (κ1) is 29.7. The number of hydrogen-bond acceptors (Lipinski definition) is 6. The standard InChI is InChI=1S/C37H39N7O2/c1-37(2,3)27-13-11-26(12-14-27)34-39-30-8-6-9-31(33(30)41-34)43-21-19-42(20-22-43)24-25-10-15-29-32(23-25)44(36(46)35(45)40-29)18-16-28-7-4-5-17-38-28/h4-15,17,23H,16,18-22,24H2,1-3H3,(H,39,41)(H,40,45). The molecule has 234 valence electrons. The largest absolute Gasteiger partial charge is 0.367 e. The van der Waals surface area contributed by atoms with E-state index in [1.807, 2.05) is 36.4 Å². The first-order valence-corrected chi connectivity index (χ1v) is 16.0. The molecule has 1 aliphatic rings. The number of nitrogens with zero attached hydrogens (tertiary/aromatic N) is 5. The molecule has 9 heteroatoms. The summed E-state index contributed by atoms with van der Waals surface area (Å²) in [6, 6.07) is 26.8. The van der Waals surface area contributed by atoms with Crippen molar-refractivity contribution >= 4 is 27.8 Å². The van der Waals surface area contributed by atoms with Crippen LogP contribution in [-0.2, 0) is 24.9 Å². The SMILES string of the molecule is CC(C)(C)c1ccc(-c2nc3c(N4CCN(Cc5ccc6[nH]c(=O)c(=O)n(CCc7ccccn7)c6c5)CC4)cccc3[nH]2)cc1. The third-order valence-corrected chi connectivity index (χ3v) is 8.99. The average Bonchev–Trinajstić information content (AvgIpc) is 3.51. The van der Waals surface area contributed by atoms with Crippen molar-refractivity contribution in [2.75, 3.05) is 31.1 Å². The molecular weight excluding hydrogens is 574 g/mol. The second kappa shape index (κ2) is 12.1. The maximum atomic E-state index is 12.9. The van der Waals surface area contributed by atoms with E-state index in [9.17, 15) is 9.59 Å². The number of pyridine rings is 1. The molecule has 9 nitrogen and oxygen atoms in total. The van der Waals surface area contributed by atoms with Crippen molar-refractivity contribution in [3.63, 3.8) is 0 Å². The van der Waals surface area contributed by atoms with Gasteiger partial charge in [0.15, 0.2) is 0 Å². The summed E-state index contributed by atoms with van der Waals surface area (Å²) in [5.41, 5.74) is 7.95. The van der Waals surface area contributed by atoms with Crippen molar-refractivity contribution in [2.24, 2.45) is 0 Å². The van der Waals surface area contributed by atoms with Crippen LogP contribution in [0.3, 0.4) is 0 Å². The van der Waals surface area contributed by atoms with Gasteiger partial charge in [-0.05, 0) is 52.9 Å². The van der Waals surface area contributed by atoms with Gasteiger partial charge >= 0.3 is 11.1 Å². The number of aryl methyl sites for hydroxylation is 2. The number of imidazole rings is 1. The highest BCUT2D eigenvalue weighted by Crippen LogP contribution is 2.30. The van der Waals surface area contributed by atoms with Crippen LogP contribution >= 0.6 is 0 Å². The lowest BCUT2D eigenvalue weighted by atomic mass is 9.87. The number of benzene rings is 3. The van der Waals surface area contributed by atoms with Crippen LogP contribution in [0, 0.1) is 0 Å². The Morgan fingerprint density at radius 3 is 2.37 bits per heavy atom. The Bertz CT molecular complexity index is 2110. The molecule has 46 heavy (non-hydrogen) atoms. The molecule has 1 aliphatic heterocycles. The number of nitrogens with one attached hydrogen (secondary N) is 2. The number of rotatable bonds is 7. The minimum absolute atomic E-state index is 0.110. The summed E-state index contributed by atoms with van der Waals surface area (Å²) in [6.45, 7) is 11.4. The van der Waals surface area contributed by atoms with Gasteiger partial charge in [-0.2, -0.15) is 0 Å². The van der Waals surface area contributed by atoms with E-state index < -0.39 is 11.1 Å². The number of anilines is 1. The smallest absolute Gasteiger partial charge is 0.316 e. The van der Waals surface area contributed by atoms with Gasteiger partial charge in [0.2, 0.25) is 0 Å². The quantitative estimate of drug-likeness (QED) is 0.231. The van der Waals surface area contributed by atoms with Crippen LogP contribution < -0.4 is 16.0 Å². The van der Waals surface area contributed by atoms with E-state index in [0.29, 0.717) is 18.5 Å². The van der Waals surface area contributed by atoms with E-state index in [2.05, 4.69) is 88.0 Å². The molecule has 0 unspecified atom stereocenters. The molecule has 1 fully saturated rings. The first-order valence-electron chi connectivity index (χ1n) is 16.0. The van der Waals surface area contributed by atoms with Gasteiger partial charge in [0.25, 0.3) is 0 Å². The fourth-order valence-corrected chi connectivity index (χ4v) is 6.35. The fraction of sp³-hybridized carbons (Fsp3) is 0.297. The lowest BCUT2D eigenvalue weighted by Crippen LogP contribution is -2.46. The predicted molar refractivity (Wildman–Crippen MR) is 184 cm³/mol. The van der Waals surface area contributed by atoms with E-state index in [-0.39, 0.29) is 5.41 Å². The molecule has 0 atom stereocenters. The molecule has 0 amide bonds. The zero-order chi connectivity index (χ0) is 31.8. The minimum Gasteiger partial charge on any atom is -0.367 e. The molecule has 1 saturated heterocycles. The Labute approximate surface area is 267 Å². The molecule has 0 spiro atoms. The Morgan fingerprint density at radius 1 is 0.826 bits per heavy atom. The van der Waals surface area contributed by atoms with Crippen LogP contribution in [-0.4, -0.2) is 55.6 Å². The van der Waals surface area contributed by atoms with Crippen molar-refractivity contribution in [3.8, 4) is 11.4 Å². The number of H-pyrrole nitrogens is 2. The third-order valence-electron chi connectivity index (χ3n) is 8.99. The molecule has 7 rings (SSSR count). The van der Waals surface area contributed by atoms with Gasteiger partial charge in [0.1, 0.15) is 11.3 Å². The van der Waals surface area contributed by atoms with E-state index in [1.165, 1.54) is 5.56 Å². The van der Waals surface area contributed by atoms with Crippen molar-refractivity contribution < 1.29 is 0 Å². The molecule has 3 aromatic heterocycles. The number of aromatic amines is 2. The van der Waals surface area contributed by atoms with Crippen molar-refractivity contribution in [1.29, 1.82) is 0 Å². The summed E-state index contributed by atoms with van der Waals surface area (Å²) in [7, 11) is 0. The molecule has 3 aromatic carbocycles. The molecule has 6 aromatic rings. The predicted octanol–water partition coefficient (Wildman–Crippen LogP) is 5.49. The van der Waals surface area contributed by atoms with E-state index in [4.69, 9.17) is 4.98 Å². The summed E-state index contributed by atoms with van der Waals surface area (Å²) in [5, 5.41) is 0. The van der Waals surface area contributed by atoms with Crippen LogP contribution in [0.5, 0.6) is 0 Å². The third kappa shape index (κ3) is 5.98. The molecule has 2 N–H and O–H groups in total. The maximum absolute atomic E-state index is 12.9. The van der Waals surface area contributed by atoms with Crippen molar-refractivity contribution in [3.05, 3.63) is 123 Å². The van der Waals surface area contributed by atoms with Gasteiger partial charge < -0.3 is 19.4 Å². The van der Waals surface area contributed by atoms with E-state index >= 15 is 0 Å². The molecule has 0 aliphatic carbocycles. The van der Waals surface area contributed by atoms with Crippen molar-refractivity contribution in [1.82, 2.24) is 29.4 Å². The zero-order valence-corrected chi connectivity index (χ0v) is 26.6. The van der Waals surface area contributed by atoms with E-state index in [0.717, 1.165) is 77.6 Å². The number of hydrogen-bond donors (Lipinski definition) is 2. The maximum Gasteiger partial charge on any atom is 0.316 e. The van der Waals surface area contributed by atoms with Gasteiger partial charge in [-0.3, -0.25) is 19.5 Å². The second-order valence-corrected chi connectivity index (χ2v) is 13.2. The molecule has 0 bridgehead atoms. The van der Waals surface area contributed by atoms with Gasteiger partial charge in [-0.15, -0.1) is 0 Å². The summed E-state index contributed by atoms with van der Waals surface area (Å²) in [6.07, 6.45) is 2.31. The summed E-state index contributed by atoms with van der Waals surface area (Å²) < 4.78 is 1.59. The molecule has 0 saturated carbocycles. The van der Waals surface area contributed by atoms with Crippen molar-refractivity contribution in [2.45, 2.75) is 45.7 Å².